The van der Waals surface area contributed by atoms with Crippen molar-refractivity contribution < 1.29 is 22.7 Å². The van der Waals surface area contributed by atoms with Crippen LogP contribution in [0.15, 0.2) is 41.3 Å². The molecule has 0 unspecified atom stereocenters. The van der Waals surface area contributed by atoms with E-state index in [0.717, 1.165) is 16.8 Å². The lowest BCUT2D eigenvalue weighted by Crippen LogP contribution is -2.31. The van der Waals surface area contributed by atoms with Gasteiger partial charge in [0.2, 0.25) is 15.9 Å². The van der Waals surface area contributed by atoms with Gasteiger partial charge in [-0.05, 0) is 36.2 Å². The lowest BCUT2D eigenvalue weighted by Gasteiger charge is -2.20. The normalized spacial score (nSPS) is 13.4. The first-order valence-corrected chi connectivity index (χ1v) is 11.4. The van der Waals surface area contributed by atoms with Crippen LogP contribution in [0, 0.1) is 0 Å². The zero-order valence-corrected chi connectivity index (χ0v) is 18.7. The Morgan fingerprint density at radius 3 is 2.43 bits per heavy atom. The van der Waals surface area contributed by atoms with Gasteiger partial charge in [0.25, 0.3) is 0 Å². The Kier molecular flexibility index (Phi) is 6.67. The number of sulfonamides is 1. The number of hydrogen-bond donors (Lipinski definition) is 0. The molecule has 0 N–H and O–H groups in total. The molecule has 0 atom stereocenters. The Hall–Kier alpha value is -2.58. The number of fused-ring (bicyclic) bond motifs is 1. The fourth-order valence-electron chi connectivity index (χ4n) is 3.77. The second kappa shape index (κ2) is 9.06. The van der Waals surface area contributed by atoms with Crippen molar-refractivity contribution in [1.29, 1.82) is 0 Å². The van der Waals surface area contributed by atoms with Gasteiger partial charge in [-0.3, -0.25) is 4.79 Å². The molecule has 0 aromatic heterocycles. The van der Waals surface area contributed by atoms with Crippen molar-refractivity contribution in [3.63, 3.8) is 0 Å². The highest BCUT2D eigenvalue weighted by molar-refractivity contribution is 7.89. The molecule has 0 saturated carbocycles. The third-order valence-corrected chi connectivity index (χ3v) is 7.47. The summed E-state index contributed by atoms with van der Waals surface area (Å²) in [5.74, 6) is 1.20. The van der Waals surface area contributed by atoms with E-state index >= 15 is 0 Å². The van der Waals surface area contributed by atoms with Gasteiger partial charge in [0.15, 0.2) is 0 Å². The molecule has 1 aliphatic heterocycles. The summed E-state index contributed by atoms with van der Waals surface area (Å²) in [5.41, 5.74) is 2.42. The molecule has 30 heavy (non-hydrogen) atoms. The summed E-state index contributed by atoms with van der Waals surface area (Å²) in [6.45, 7) is 5.01. The molecular formula is C22H28N2O5S. The van der Waals surface area contributed by atoms with Crippen LogP contribution in [0.1, 0.15) is 25.0 Å². The summed E-state index contributed by atoms with van der Waals surface area (Å²) in [6, 6.07) is 10.4. The number of nitrogens with zero attached hydrogens (tertiary/aromatic N) is 2. The summed E-state index contributed by atoms with van der Waals surface area (Å²) in [6.07, 6.45) is 0.814. The van der Waals surface area contributed by atoms with Gasteiger partial charge in [-0.2, -0.15) is 4.31 Å². The molecule has 0 fully saturated rings. The predicted octanol–water partition coefficient (Wildman–Crippen LogP) is 2.87. The van der Waals surface area contributed by atoms with Crippen LogP contribution in [0.2, 0.25) is 0 Å². The maximum Gasteiger partial charge on any atom is 0.243 e. The molecular weight excluding hydrogens is 404 g/mol. The van der Waals surface area contributed by atoms with E-state index in [1.807, 2.05) is 19.9 Å². The Morgan fingerprint density at radius 1 is 1.07 bits per heavy atom. The smallest absolute Gasteiger partial charge is 0.243 e. The molecule has 2 aromatic carbocycles. The average molecular weight is 433 g/mol. The van der Waals surface area contributed by atoms with Crippen molar-refractivity contribution in [1.82, 2.24) is 4.31 Å². The Labute approximate surface area is 178 Å². The number of carbonyl (C=O) groups is 1. The van der Waals surface area contributed by atoms with Crippen molar-refractivity contribution >= 4 is 21.6 Å². The summed E-state index contributed by atoms with van der Waals surface area (Å²) in [5, 5.41) is 0. The van der Waals surface area contributed by atoms with E-state index in [0.29, 0.717) is 37.6 Å². The monoisotopic (exact) mass is 432 g/mol. The number of rotatable bonds is 8. The number of amides is 1. The summed E-state index contributed by atoms with van der Waals surface area (Å²) >= 11 is 0. The van der Waals surface area contributed by atoms with E-state index in [-0.39, 0.29) is 17.2 Å². The van der Waals surface area contributed by atoms with Gasteiger partial charge in [-0.1, -0.05) is 19.9 Å². The fraction of sp³-hybridized carbons (Fsp3) is 0.409. The van der Waals surface area contributed by atoms with Gasteiger partial charge in [0, 0.05) is 37.0 Å². The van der Waals surface area contributed by atoms with Crippen LogP contribution >= 0.6 is 0 Å². The van der Waals surface area contributed by atoms with Gasteiger partial charge in [0.05, 0.1) is 25.5 Å². The molecule has 1 amide bonds. The largest absolute Gasteiger partial charge is 0.497 e. The maximum atomic E-state index is 13.0. The van der Waals surface area contributed by atoms with Crippen LogP contribution in [0.3, 0.4) is 0 Å². The minimum absolute atomic E-state index is 0.0587. The van der Waals surface area contributed by atoms with Crippen LogP contribution < -0.4 is 14.4 Å². The third kappa shape index (κ3) is 4.15. The summed E-state index contributed by atoms with van der Waals surface area (Å²) in [7, 11) is -0.383. The van der Waals surface area contributed by atoms with Crippen LogP contribution in [-0.2, 0) is 27.7 Å². The molecule has 7 nitrogen and oxygen atoms in total. The lowest BCUT2D eigenvalue weighted by molar-refractivity contribution is -0.117. The Bertz CT molecular complexity index is 1030. The molecule has 162 valence electrons. The molecule has 0 saturated heterocycles. The van der Waals surface area contributed by atoms with Crippen molar-refractivity contribution in [3.8, 4) is 11.5 Å². The minimum atomic E-state index is -3.52. The van der Waals surface area contributed by atoms with Crippen molar-refractivity contribution in [3.05, 3.63) is 47.5 Å². The zero-order chi connectivity index (χ0) is 21.9. The highest BCUT2D eigenvalue weighted by atomic mass is 32.2. The standard InChI is InChI=1S/C22H28N2O5S/c1-5-23(6-2)30(26,27)19-9-10-20-16(13-19)11-12-24(20)22(25)14-17-7-8-18(28-3)15-21(17)29-4/h7-10,13,15H,5-6,11-12,14H2,1-4H3. The van der Waals surface area contributed by atoms with Crippen molar-refractivity contribution in [2.75, 3.05) is 38.8 Å². The van der Waals surface area contributed by atoms with E-state index in [1.54, 1.807) is 49.5 Å². The first-order valence-electron chi connectivity index (χ1n) is 10.00. The minimum Gasteiger partial charge on any atom is -0.497 e. The van der Waals surface area contributed by atoms with Crippen LogP contribution in [0.25, 0.3) is 0 Å². The average Bonchev–Trinajstić information content (AvgIpc) is 3.18. The van der Waals surface area contributed by atoms with Gasteiger partial charge in [-0.15, -0.1) is 0 Å². The number of anilines is 1. The van der Waals surface area contributed by atoms with Crippen molar-refractivity contribution in [2.45, 2.75) is 31.6 Å². The van der Waals surface area contributed by atoms with Crippen molar-refractivity contribution in [2.24, 2.45) is 0 Å². The molecule has 1 heterocycles. The number of hydrogen-bond acceptors (Lipinski definition) is 5. The summed E-state index contributed by atoms with van der Waals surface area (Å²) in [4.78, 5) is 15.0. The SMILES string of the molecule is CCN(CC)S(=O)(=O)c1ccc2c(c1)CCN2C(=O)Cc1ccc(OC)cc1OC. The first kappa shape index (κ1) is 22.1. The second-order valence-corrected chi connectivity index (χ2v) is 8.97. The first-order chi connectivity index (χ1) is 14.3. The number of benzene rings is 2. The molecule has 8 heteroatoms. The fourth-order valence-corrected chi connectivity index (χ4v) is 5.28. The predicted molar refractivity (Wildman–Crippen MR) is 116 cm³/mol. The molecule has 0 spiro atoms. The molecule has 0 aliphatic carbocycles. The van der Waals surface area contributed by atoms with Crippen LogP contribution in [0.4, 0.5) is 5.69 Å². The molecule has 0 bridgehead atoms. The van der Waals surface area contributed by atoms with Crippen LogP contribution in [0.5, 0.6) is 11.5 Å². The molecule has 1 aliphatic rings. The molecule has 3 rings (SSSR count). The Balaban J connectivity index is 1.83. The number of carbonyl (C=O) groups excluding carboxylic acids is 1. The second-order valence-electron chi connectivity index (χ2n) is 7.03. The molecule has 2 aromatic rings. The topological polar surface area (TPSA) is 76.2 Å². The van der Waals surface area contributed by atoms with E-state index < -0.39 is 10.0 Å². The molecule has 0 radical (unpaired) electrons. The Morgan fingerprint density at radius 2 is 1.80 bits per heavy atom. The number of ether oxygens (including phenoxy) is 2. The lowest BCUT2D eigenvalue weighted by atomic mass is 10.1. The maximum absolute atomic E-state index is 13.0. The highest BCUT2D eigenvalue weighted by Crippen LogP contribution is 2.32. The summed E-state index contributed by atoms with van der Waals surface area (Å²) < 4.78 is 37.6. The van der Waals surface area contributed by atoms with Gasteiger partial charge in [0.1, 0.15) is 11.5 Å². The quantitative estimate of drug-likeness (QED) is 0.641. The van der Waals surface area contributed by atoms with Crippen LogP contribution in [-0.4, -0.2) is 52.5 Å². The van der Waals surface area contributed by atoms with E-state index in [4.69, 9.17) is 9.47 Å². The van der Waals surface area contributed by atoms with Gasteiger partial charge >= 0.3 is 0 Å². The van der Waals surface area contributed by atoms with E-state index in [2.05, 4.69) is 0 Å². The third-order valence-electron chi connectivity index (χ3n) is 5.43. The van der Waals surface area contributed by atoms with Gasteiger partial charge in [-0.25, -0.2) is 8.42 Å². The van der Waals surface area contributed by atoms with E-state index in [9.17, 15) is 13.2 Å². The number of methoxy groups -OCH3 is 2. The zero-order valence-electron chi connectivity index (χ0n) is 17.8. The van der Waals surface area contributed by atoms with E-state index in [1.165, 1.54) is 4.31 Å². The van der Waals surface area contributed by atoms with Gasteiger partial charge < -0.3 is 14.4 Å². The highest BCUT2D eigenvalue weighted by Gasteiger charge is 2.28.